The third-order valence-electron chi connectivity index (χ3n) is 10.9. The minimum Gasteiger partial charge on any atom is -0.481 e. The fourth-order valence-electron chi connectivity index (χ4n) is 7.36. The summed E-state index contributed by atoms with van der Waals surface area (Å²) in [6.07, 6.45) is 23.6. The van der Waals surface area contributed by atoms with E-state index in [4.69, 9.17) is 9.84 Å². The fourth-order valence-corrected chi connectivity index (χ4v) is 7.36. The van der Waals surface area contributed by atoms with Gasteiger partial charge < -0.3 is 40.7 Å². The van der Waals surface area contributed by atoms with E-state index in [9.17, 15) is 34.5 Å². The van der Waals surface area contributed by atoms with E-state index in [0.717, 1.165) is 38.5 Å². The number of amides is 3. The van der Waals surface area contributed by atoms with E-state index in [1.165, 1.54) is 116 Å². The molecule has 0 radical (unpaired) electrons. The summed E-state index contributed by atoms with van der Waals surface area (Å²) in [5.74, 6) is -2.63. The fraction of sp³-hybridized carbons (Fsp3) is 0.907. The van der Waals surface area contributed by atoms with E-state index < -0.39 is 61.0 Å². The molecule has 6 N–H and O–H groups in total. The maximum atomic E-state index is 13.9. The predicted molar refractivity (Wildman–Crippen MR) is 217 cm³/mol. The number of aliphatic hydroxyl groups is 3. The molecule has 55 heavy (non-hydrogen) atoms. The number of nitrogens with one attached hydrogen (secondary N) is 2. The first-order valence-corrected chi connectivity index (χ1v) is 22.3. The lowest BCUT2D eigenvalue weighted by molar-refractivity contribution is -0.231. The summed E-state index contributed by atoms with van der Waals surface area (Å²) in [5.41, 5.74) is 0. The molecule has 0 unspecified atom stereocenters. The van der Waals surface area contributed by atoms with Crippen molar-refractivity contribution in [3.63, 3.8) is 0 Å². The average Bonchev–Trinajstić information content (AvgIpc) is 3.16. The van der Waals surface area contributed by atoms with Crippen LogP contribution in [0.1, 0.15) is 201 Å². The van der Waals surface area contributed by atoms with E-state index in [1.807, 2.05) is 0 Å². The first-order valence-electron chi connectivity index (χ1n) is 22.3. The van der Waals surface area contributed by atoms with Crippen LogP contribution in [0.3, 0.4) is 0 Å². The molecule has 1 aliphatic rings. The summed E-state index contributed by atoms with van der Waals surface area (Å²) in [6.45, 7) is 5.62. The molecule has 0 aromatic carbocycles. The molecule has 6 atom stereocenters. The van der Waals surface area contributed by atoms with Crippen LogP contribution in [-0.4, -0.2) is 98.8 Å². The second kappa shape index (κ2) is 32.8. The highest BCUT2D eigenvalue weighted by molar-refractivity contribution is 5.88. The van der Waals surface area contributed by atoms with Gasteiger partial charge in [-0.25, -0.2) is 0 Å². The highest BCUT2D eigenvalue weighted by Gasteiger charge is 2.48. The Morgan fingerprint density at radius 2 is 1.05 bits per heavy atom. The summed E-state index contributed by atoms with van der Waals surface area (Å²) in [7, 11) is 0. The van der Waals surface area contributed by atoms with Crippen LogP contribution in [0.4, 0.5) is 0 Å². The largest absolute Gasteiger partial charge is 0.481 e. The number of unbranched alkanes of at least 4 members (excludes halogenated alkanes) is 23. The van der Waals surface area contributed by atoms with Crippen LogP contribution in [0, 0.1) is 0 Å². The van der Waals surface area contributed by atoms with Crippen LogP contribution >= 0.6 is 0 Å². The molecule has 0 saturated carbocycles. The Morgan fingerprint density at radius 3 is 1.49 bits per heavy atom. The van der Waals surface area contributed by atoms with Gasteiger partial charge in [0, 0.05) is 19.4 Å². The number of carbonyl (C=O) groups is 4. The monoisotopic (exact) mass is 784 g/mol. The van der Waals surface area contributed by atoms with Gasteiger partial charge in [-0.2, -0.15) is 0 Å². The van der Waals surface area contributed by atoms with Gasteiger partial charge in [-0.15, -0.1) is 0 Å². The zero-order chi connectivity index (χ0) is 40.7. The van der Waals surface area contributed by atoms with Gasteiger partial charge in [0.2, 0.25) is 17.7 Å². The van der Waals surface area contributed by atoms with Crippen LogP contribution in [0.25, 0.3) is 0 Å². The third-order valence-corrected chi connectivity index (χ3v) is 10.9. The predicted octanol–water partition coefficient (Wildman–Crippen LogP) is 7.29. The summed E-state index contributed by atoms with van der Waals surface area (Å²) in [6, 6.07) is -2.33. The minimum atomic E-state index is -1.57. The van der Waals surface area contributed by atoms with Crippen molar-refractivity contribution in [1.82, 2.24) is 15.5 Å². The van der Waals surface area contributed by atoms with Gasteiger partial charge in [0.25, 0.3) is 0 Å². The Kier molecular flexibility index (Phi) is 30.2. The number of nitrogens with zero attached hydrogens (tertiary/aromatic N) is 1. The Bertz CT molecular complexity index is 1020. The quantitative estimate of drug-likeness (QED) is 0.0359. The minimum absolute atomic E-state index is 0.177. The van der Waals surface area contributed by atoms with E-state index >= 15 is 0 Å². The number of carbonyl (C=O) groups excluding carboxylic acids is 3. The number of carboxylic acid groups (broad SMARTS) is 1. The van der Waals surface area contributed by atoms with Crippen molar-refractivity contribution in [3.8, 4) is 0 Å². The molecule has 1 fully saturated rings. The van der Waals surface area contributed by atoms with E-state index in [1.54, 1.807) is 4.90 Å². The van der Waals surface area contributed by atoms with Gasteiger partial charge >= 0.3 is 5.97 Å². The topological polar surface area (TPSA) is 186 Å². The maximum Gasteiger partial charge on any atom is 0.303 e. The highest BCUT2D eigenvalue weighted by atomic mass is 16.5. The second-order valence-electron chi connectivity index (χ2n) is 15.9. The van der Waals surface area contributed by atoms with E-state index in [0.29, 0.717) is 19.4 Å². The van der Waals surface area contributed by atoms with Crippen LogP contribution in [0.2, 0.25) is 0 Å². The van der Waals surface area contributed by atoms with Gasteiger partial charge in [-0.05, 0) is 19.8 Å². The molecule has 0 aromatic rings. The van der Waals surface area contributed by atoms with Gasteiger partial charge in [0.15, 0.2) is 6.23 Å². The standard InChI is InChI=1S/C43H81N3O9/c1-4-6-8-10-12-14-15-16-17-18-19-20-22-24-26-28-32-46(37(49)29-27-25-23-21-13-11-9-7-5-2)43-39(41(53)40(52)35(33-47)55-43)45-42(54)34(3)44-36(48)30-31-38(50)51/h34-35,39-41,43,47,52-53H,4-33H2,1-3H3,(H,44,48)(H,45,54)(H,50,51)/t34-,35+,39+,40+,41+,43+/m0/s1. The molecule has 0 aromatic heterocycles. The van der Waals surface area contributed by atoms with Gasteiger partial charge in [0.05, 0.1) is 13.0 Å². The number of hydrogen-bond donors (Lipinski definition) is 6. The zero-order valence-corrected chi connectivity index (χ0v) is 35.0. The molecule has 1 aliphatic heterocycles. The number of carboxylic acids is 1. The molecule has 1 saturated heterocycles. The third kappa shape index (κ3) is 23.5. The Hall–Kier alpha value is -2.28. The summed E-state index contributed by atoms with van der Waals surface area (Å²) >= 11 is 0. The molecule has 1 heterocycles. The van der Waals surface area contributed by atoms with Gasteiger partial charge in [-0.1, -0.05) is 162 Å². The molecule has 0 bridgehead atoms. The molecular weight excluding hydrogens is 702 g/mol. The SMILES string of the molecule is CCCCCCCCCCCCCCCCCCN(C(=O)CCCCCCCCCCC)[C@@H]1O[C@H](CO)[C@@H](O)[C@H](O)[C@H]1NC(=O)[C@H](C)NC(=O)CCC(=O)O. The maximum absolute atomic E-state index is 13.9. The smallest absolute Gasteiger partial charge is 0.303 e. The number of aliphatic carboxylic acids is 1. The Morgan fingerprint density at radius 1 is 0.618 bits per heavy atom. The van der Waals surface area contributed by atoms with Crippen LogP contribution in [0.15, 0.2) is 0 Å². The second-order valence-corrected chi connectivity index (χ2v) is 15.9. The Balaban J connectivity index is 2.80. The van der Waals surface area contributed by atoms with Crippen molar-refractivity contribution in [3.05, 3.63) is 0 Å². The van der Waals surface area contributed by atoms with Crippen molar-refractivity contribution in [2.45, 2.75) is 237 Å². The summed E-state index contributed by atoms with van der Waals surface area (Å²) in [5, 5.41) is 46.0. The molecule has 0 spiro atoms. The lowest BCUT2D eigenvalue weighted by Crippen LogP contribution is -2.69. The number of hydrogen-bond acceptors (Lipinski definition) is 8. The average molecular weight is 784 g/mol. The summed E-state index contributed by atoms with van der Waals surface area (Å²) < 4.78 is 6.09. The molecule has 322 valence electrons. The number of rotatable bonds is 35. The normalized spacial score (nSPS) is 20.2. The van der Waals surface area contributed by atoms with E-state index in [2.05, 4.69) is 24.5 Å². The van der Waals surface area contributed by atoms with Crippen molar-refractivity contribution in [2.75, 3.05) is 13.2 Å². The van der Waals surface area contributed by atoms with Crippen molar-refractivity contribution < 1.29 is 44.3 Å². The highest BCUT2D eigenvalue weighted by Crippen LogP contribution is 2.26. The van der Waals surface area contributed by atoms with Crippen molar-refractivity contribution >= 4 is 23.7 Å². The number of aliphatic hydroxyl groups excluding tert-OH is 3. The summed E-state index contributed by atoms with van der Waals surface area (Å²) in [4.78, 5) is 51.8. The molecule has 1 rings (SSSR count). The Labute approximate surface area is 333 Å². The lowest BCUT2D eigenvalue weighted by Gasteiger charge is -2.47. The molecule has 3 amide bonds. The molecule has 0 aliphatic carbocycles. The molecule has 12 nitrogen and oxygen atoms in total. The first kappa shape index (κ1) is 50.7. The van der Waals surface area contributed by atoms with Crippen LogP contribution in [0.5, 0.6) is 0 Å². The van der Waals surface area contributed by atoms with Crippen LogP contribution in [-0.2, 0) is 23.9 Å². The number of ether oxygens (including phenoxy) is 1. The lowest BCUT2D eigenvalue weighted by atomic mass is 9.94. The van der Waals surface area contributed by atoms with E-state index in [-0.39, 0.29) is 25.2 Å². The first-order chi connectivity index (χ1) is 26.6. The van der Waals surface area contributed by atoms with Gasteiger partial charge in [0.1, 0.15) is 30.4 Å². The zero-order valence-electron chi connectivity index (χ0n) is 35.0. The van der Waals surface area contributed by atoms with Crippen molar-refractivity contribution in [2.24, 2.45) is 0 Å². The van der Waals surface area contributed by atoms with Crippen molar-refractivity contribution in [1.29, 1.82) is 0 Å². The van der Waals surface area contributed by atoms with Crippen LogP contribution < -0.4 is 10.6 Å². The molecular formula is C43H81N3O9. The molecule has 12 heteroatoms. The van der Waals surface area contributed by atoms with Gasteiger partial charge in [-0.3, -0.25) is 19.2 Å².